The van der Waals surface area contributed by atoms with Crippen molar-refractivity contribution in [2.75, 3.05) is 11.9 Å². The summed E-state index contributed by atoms with van der Waals surface area (Å²) in [5.74, 6) is -2.33. The number of carbonyl (C=O) groups is 3. The van der Waals surface area contributed by atoms with E-state index in [0.29, 0.717) is 16.5 Å². The number of carboxylic acid groups (broad SMARTS) is 1. The predicted octanol–water partition coefficient (Wildman–Crippen LogP) is 5.26. The highest BCUT2D eigenvalue weighted by molar-refractivity contribution is 7.13. The lowest BCUT2D eigenvalue weighted by Crippen LogP contribution is -2.17. The second-order valence-electron chi connectivity index (χ2n) is 6.04. The number of allylic oxidation sites excluding steroid dienone is 2. The van der Waals surface area contributed by atoms with Crippen LogP contribution in [0.25, 0.3) is 11.0 Å². The van der Waals surface area contributed by atoms with Gasteiger partial charge in [0, 0.05) is 10.8 Å². The maximum Gasteiger partial charge on any atom is 0.412 e. The normalized spacial score (nSPS) is 11.0. The molecular weight excluding hydrogens is 422 g/mol. The van der Waals surface area contributed by atoms with Gasteiger partial charge in [0.05, 0.1) is 5.69 Å². The molecule has 0 atom stereocenters. The SMILES string of the molecule is C=C/C=C(\C=C)COC(=O)Nc1csc(OC(=O)c2cc3ccccc3o2)c1C(=O)O. The maximum absolute atomic E-state index is 12.4. The number of carbonyl (C=O) groups excluding carboxylic acids is 2. The first-order chi connectivity index (χ1) is 14.9. The van der Waals surface area contributed by atoms with Crippen molar-refractivity contribution in [1.29, 1.82) is 0 Å². The van der Waals surface area contributed by atoms with E-state index in [-0.39, 0.29) is 28.7 Å². The number of rotatable bonds is 8. The second kappa shape index (κ2) is 9.59. The third kappa shape index (κ3) is 5.09. The van der Waals surface area contributed by atoms with Crippen molar-refractivity contribution in [2.45, 2.75) is 0 Å². The summed E-state index contributed by atoms with van der Waals surface area (Å²) < 4.78 is 15.7. The molecule has 31 heavy (non-hydrogen) atoms. The number of carboxylic acids is 1. The van der Waals surface area contributed by atoms with Crippen LogP contribution >= 0.6 is 11.3 Å². The Morgan fingerprint density at radius 1 is 1.23 bits per heavy atom. The number of anilines is 1. The fourth-order valence-electron chi connectivity index (χ4n) is 2.55. The number of fused-ring (bicyclic) bond motifs is 1. The molecule has 0 aliphatic carbocycles. The summed E-state index contributed by atoms with van der Waals surface area (Å²) in [5, 5.41) is 13.7. The van der Waals surface area contributed by atoms with E-state index in [0.717, 1.165) is 11.3 Å². The Kier molecular flexibility index (Phi) is 6.68. The van der Waals surface area contributed by atoms with Gasteiger partial charge in [0.15, 0.2) is 0 Å². The summed E-state index contributed by atoms with van der Waals surface area (Å²) in [5.41, 5.74) is 0.655. The molecule has 1 amide bonds. The highest BCUT2D eigenvalue weighted by Gasteiger charge is 2.25. The molecule has 0 spiro atoms. The van der Waals surface area contributed by atoms with Crippen molar-refractivity contribution in [3.63, 3.8) is 0 Å². The summed E-state index contributed by atoms with van der Waals surface area (Å²) in [7, 11) is 0. The van der Waals surface area contributed by atoms with Crippen LogP contribution in [0.15, 0.2) is 77.1 Å². The Labute approximate surface area is 180 Å². The van der Waals surface area contributed by atoms with Gasteiger partial charge in [0.25, 0.3) is 0 Å². The predicted molar refractivity (Wildman–Crippen MR) is 116 cm³/mol. The lowest BCUT2D eigenvalue weighted by atomic mass is 10.2. The number of benzene rings is 1. The Balaban J connectivity index is 1.74. The molecule has 0 bridgehead atoms. The lowest BCUT2D eigenvalue weighted by Gasteiger charge is -2.07. The van der Waals surface area contributed by atoms with Gasteiger partial charge in [-0.15, -0.1) is 11.3 Å². The molecule has 3 aromatic rings. The summed E-state index contributed by atoms with van der Waals surface area (Å²) in [4.78, 5) is 36.2. The summed E-state index contributed by atoms with van der Waals surface area (Å²) in [6.07, 6.45) is 3.75. The van der Waals surface area contributed by atoms with E-state index in [1.807, 2.05) is 0 Å². The smallest absolute Gasteiger partial charge is 0.412 e. The van der Waals surface area contributed by atoms with Crippen LogP contribution in [0, 0.1) is 0 Å². The Bertz CT molecular complexity index is 1170. The quantitative estimate of drug-likeness (QED) is 0.363. The van der Waals surface area contributed by atoms with Crippen LogP contribution in [-0.4, -0.2) is 29.7 Å². The highest BCUT2D eigenvalue weighted by atomic mass is 32.1. The van der Waals surface area contributed by atoms with Crippen molar-refractivity contribution in [2.24, 2.45) is 0 Å². The van der Waals surface area contributed by atoms with Gasteiger partial charge in [-0.25, -0.2) is 14.4 Å². The molecular formula is C22H17NO7S. The number of amides is 1. The Hall–Kier alpha value is -4.11. The number of hydrogen-bond acceptors (Lipinski definition) is 7. The Morgan fingerprint density at radius 2 is 2.00 bits per heavy atom. The Morgan fingerprint density at radius 3 is 2.68 bits per heavy atom. The average molecular weight is 439 g/mol. The van der Waals surface area contributed by atoms with E-state index in [9.17, 15) is 19.5 Å². The van der Waals surface area contributed by atoms with E-state index >= 15 is 0 Å². The van der Waals surface area contributed by atoms with Crippen LogP contribution < -0.4 is 10.1 Å². The van der Waals surface area contributed by atoms with Gasteiger partial charge >= 0.3 is 18.0 Å². The van der Waals surface area contributed by atoms with Gasteiger partial charge in [0.1, 0.15) is 17.8 Å². The van der Waals surface area contributed by atoms with E-state index in [1.54, 1.807) is 30.3 Å². The van der Waals surface area contributed by atoms with Crippen molar-refractivity contribution >= 4 is 46.0 Å². The number of hydrogen-bond donors (Lipinski definition) is 2. The zero-order valence-corrected chi connectivity index (χ0v) is 16.9. The van der Waals surface area contributed by atoms with Crippen molar-refractivity contribution < 1.29 is 33.4 Å². The molecule has 3 rings (SSSR count). The maximum atomic E-state index is 12.4. The van der Waals surface area contributed by atoms with E-state index in [4.69, 9.17) is 13.9 Å². The molecule has 9 heteroatoms. The van der Waals surface area contributed by atoms with Crippen molar-refractivity contribution in [1.82, 2.24) is 0 Å². The van der Waals surface area contributed by atoms with E-state index < -0.39 is 18.0 Å². The molecule has 2 heterocycles. The lowest BCUT2D eigenvalue weighted by molar-refractivity contribution is 0.0677. The van der Waals surface area contributed by atoms with Gasteiger partial charge in [-0.2, -0.15) is 0 Å². The monoisotopic (exact) mass is 439 g/mol. The largest absolute Gasteiger partial charge is 0.477 e. The van der Waals surface area contributed by atoms with Crippen LogP contribution in [0.3, 0.4) is 0 Å². The van der Waals surface area contributed by atoms with Crippen LogP contribution in [0.2, 0.25) is 0 Å². The molecule has 0 unspecified atom stereocenters. The molecule has 1 aromatic carbocycles. The molecule has 2 N–H and O–H groups in total. The first-order valence-corrected chi connectivity index (χ1v) is 9.74. The summed E-state index contributed by atoms with van der Waals surface area (Å²) in [6.45, 7) is 7.05. The molecule has 0 aliphatic heterocycles. The topological polar surface area (TPSA) is 115 Å². The average Bonchev–Trinajstić information content (AvgIpc) is 3.35. The molecule has 0 aliphatic rings. The fraction of sp³-hybridized carbons (Fsp3) is 0.0455. The van der Waals surface area contributed by atoms with Gasteiger partial charge < -0.3 is 19.0 Å². The highest BCUT2D eigenvalue weighted by Crippen LogP contribution is 2.35. The first kappa shape index (κ1) is 21.6. The van der Waals surface area contributed by atoms with E-state index in [1.165, 1.54) is 23.6 Å². The van der Waals surface area contributed by atoms with Gasteiger partial charge in [-0.3, -0.25) is 5.32 Å². The fourth-order valence-corrected chi connectivity index (χ4v) is 3.39. The minimum Gasteiger partial charge on any atom is -0.477 e. The molecule has 0 saturated carbocycles. The van der Waals surface area contributed by atoms with Crippen molar-refractivity contribution in [3.8, 4) is 5.06 Å². The number of ether oxygens (including phenoxy) is 2. The molecule has 0 radical (unpaired) electrons. The van der Waals surface area contributed by atoms with Crippen molar-refractivity contribution in [3.05, 3.63) is 84.0 Å². The molecule has 0 fully saturated rings. The molecule has 8 nitrogen and oxygen atoms in total. The van der Waals surface area contributed by atoms with Crippen LogP contribution in [0.5, 0.6) is 5.06 Å². The van der Waals surface area contributed by atoms with Crippen LogP contribution in [0.1, 0.15) is 20.9 Å². The van der Waals surface area contributed by atoms with Gasteiger partial charge in [-0.05, 0) is 17.7 Å². The zero-order chi connectivity index (χ0) is 22.4. The number of nitrogens with one attached hydrogen (secondary N) is 1. The number of para-hydroxylation sites is 1. The zero-order valence-electron chi connectivity index (χ0n) is 16.1. The van der Waals surface area contributed by atoms with Crippen LogP contribution in [0.4, 0.5) is 10.5 Å². The van der Waals surface area contributed by atoms with Gasteiger partial charge in [0.2, 0.25) is 10.8 Å². The summed E-state index contributed by atoms with van der Waals surface area (Å²) >= 11 is 0.837. The second-order valence-corrected chi connectivity index (χ2v) is 6.88. The minimum absolute atomic E-state index is 0.0669. The molecule has 0 saturated heterocycles. The number of aromatic carboxylic acids is 1. The number of esters is 1. The number of furan rings is 1. The molecule has 158 valence electrons. The third-order valence-corrected chi connectivity index (χ3v) is 4.84. The van der Waals surface area contributed by atoms with Crippen LogP contribution in [-0.2, 0) is 4.74 Å². The van der Waals surface area contributed by atoms with Gasteiger partial charge in [-0.1, -0.05) is 49.6 Å². The first-order valence-electron chi connectivity index (χ1n) is 8.86. The standard InChI is InChI=1S/C22H17NO7S/c1-3-7-13(4-2)11-28-22(27)23-15-12-31-21(18(15)19(24)25)30-20(26)17-10-14-8-5-6-9-16(14)29-17/h3-10,12H,1-2,11H2,(H,23,27)(H,24,25)/b13-7+. The third-order valence-electron chi connectivity index (χ3n) is 3.98. The number of thiophene rings is 1. The minimum atomic E-state index is -1.39. The summed E-state index contributed by atoms with van der Waals surface area (Å²) in [6, 6.07) is 8.49. The molecule has 2 aromatic heterocycles. The van der Waals surface area contributed by atoms with E-state index in [2.05, 4.69) is 18.5 Å².